The van der Waals surface area contributed by atoms with Crippen LogP contribution >= 0.6 is 0 Å². The Hall–Kier alpha value is -1.60. The Balaban J connectivity index is 1.83. The van der Waals surface area contributed by atoms with Gasteiger partial charge in [0.1, 0.15) is 0 Å². The number of nitrogens with one attached hydrogen (secondary N) is 2. The van der Waals surface area contributed by atoms with Crippen molar-refractivity contribution in [2.24, 2.45) is 0 Å². The maximum atomic E-state index is 12.7. The van der Waals surface area contributed by atoms with Crippen molar-refractivity contribution in [3.63, 3.8) is 0 Å². The highest BCUT2D eigenvalue weighted by atomic mass is 19.4. The molecule has 1 aromatic carbocycles. The molecule has 0 unspecified atom stereocenters. The maximum Gasteiger partial charge on any atom is 0.416 e. The fraction of sp³-hybridized carbons (Fsp3) is 0.562. The van der Waals surface area contributed by atoms with Crippen LogP contribution in [0.5, 0.6) is 0 Å². The zero-order chi connectivity index (χ0) is 17.0. The summed E-state index contributed by atoms with van der Waals surface area (Å²) in [6.07, 6.45) is -3.93. The molecule has 0 aromatic heterocycles. The van der Waals surface area contributed by atoms with Gasteiger partial charge in [-0.3, -0.25) is 4.79 Å². The van der Waals surface area contributed by atoms with Crippen molar-refractivity contribution in [3.8, 4) is 0 Å². The normalized spacial score (nSPS) is 22.8. The topological polar surface area (TPSA) is 61.4 Å². The van der Waals surface area contributed by atoms with E-state index in [1.165, 1.54) is 6.07 Å². The number of carbonyl (C=O) groups is 1. The van der Waals surface area contributed by atoms with E-state index in [9.17, 15) is 23.1 Å². The number of aliphatic hydroxyl groups excluding tert-OH is 1. The zero-order valence-electron chi connectivity index (χ0n) is 12.9. The second-order valence-corrected chi connectivity index (χ2v) is 5.95. The van der Waals surface area contributed by atoms with E-state index in [4.69, 9.17) is 0 Å². The molecule has 1 aliphatic rings. The third-order valence-electron chi connectivity index (χ3n) is 4.08. The Kier molecular flexibility index (Phi) is 5.64. The minimum Gasteiger partial charge on any atom is -0.392 e. The molecule has 1 amide bonds. The first-order valence-electron chi connectivity index (χ1n) is 7.63. The number of rotatable bonds is 5. The lowest BCUT2D eigenvalue weighted by Gasteiger charge is -2.16. The van der Waals surface area contributed by atoms with E-state index in [0.29, 0.717) is 31.5 Å². The van der Waals surface area contributed by atoms with Gasteiger partial charge in [-0.05, 0) is 30.4 Å². The van der Waals surface area contributed by atoms with Gasteiger partial charge in [0.2, 0.25) is 5.91 Å². The van der Waals surface area contributed by atoms with Gasteiger partial charge in [0.05, 0.1) is 17.7 Å². The average Bonchev–Trinajstić information content (AvgIpc) is 2.93. The first-order valence-corrected chi connectivity index (χ1v) is 7.63. The van der Waals surface area contributed by atoms with Crippen LogP contribution in [0.1, 0.15) is 36.8 Å². The summed E-state index contributed by atoms with van der Waals surface area (Å²) >= 11 is 0. The quantitative estimate of drug-likeness (QED) is 0.774. The number of amides is 1. The minimum atomic E-state index is -4.35. The van der Waals surface area contributed by atoms with E-state index in [0.717, 1.165) is 12.1 Å². The molecule has 128 valence electrons. The molecule has 2 rings (SSSR count). The standard InChI is InChI=1S/C16H21F3N2O2/c1-10(11-3-2-4-12(7-11)16(17,18)19)5-6-20-15(23)14-8-13(22)9-21-14/h2-4,7,10,13-14,21-22H,5-6,8-9H2,1H3,(H,20,23)/t10-,13-,14+/m0/s1. The fourth-order valence-corrected chi connectivity index (χ4v) is 2.64. The summed E-state index contributed by atoms with van der Waals surface area (Å²) in [4.78, 5) is 11.9. The predicted molar refractivity (Wildman–Crippen MR) is 79.9 cm³/mol. The van der Waals surface area contributed by atoms with Crippen LogP contribution in [0.25, 0.3) is 0 Å². The van der Waals surface area contributed by atoms with Gasteiger partial charge in [-0.1, -0.05) is 25.1 Å². The molecule has 1 heterocycles. The molecule has 1 saturated heterocycles. The molecule has 1 aromatic rings. The number of β-amino-alcohol motifs (C(OH)–C–C–N with tert-alkyl or cyclic N) is 1. The van der Waals surface area contributed by atoms with E-state index in [1.807, 2.05) is 6.92 Å². The molecular weight excluding hydrogens is 309 g/mol. The molecule has 0 bridgehead atoms. The van der Waals surface area contributed by atoms with Gasteiger partial charge in [0, 0.05) is 13.1 Å². The number of aliphatic hydroxyl groups is 1. The highest BCUT2D eigenvalue weighted by Gasteiger charge is 2.31. The molecule has 7 heteroatoms. The predicted octanol–water partition coefficient (Wildman–Crippen LogP) is 2.04. The third-order valence-corrected chi connectivity index (χ3v) is 4.08. The summed E-state index contributed by atoms with van der Waals surface area (Å²) in [6.45, 7) is 2.61. The number of benzene rings is 1. The molecule has 1 aliphatic heterocycles. The molecule has 0 aliphatic carbocycles. The smallest absolute Gasteiger partial charge is 0.392 e. The van der Waals surface area contributed by atoms with Gasteiger partial charge in [-0.15, -0.1) is 0 Å². The molecular formula is C16H21F3N2O2. The number of halogens is 3. The van der Waals surface area contributed by atoms with Gasteiger partial charge >= 0.3 is 6.18 Å². The maximum absolute atomic E-state index is 12.7. The number of carbonyl (C=O) groups excluding carboxylic acids is 1. The molecule has 1 fully saturated rings. The van der Waals surface area contributed by atoms with Crippen molar-refractivity contribution < 1.29 is 23.1 Å². The van der Waals surface area contributed by atoms with E-state index >= 15 is 0 Å². The van der Waals surface area contributed by atoms with Crippen LogP contribution in [0.15, 0.2) is 24.3 Å². The summed E-state index contributed by atoms with van der Waals surface area (Å²) in [7, 11) is 0. The van der Waals surface area contributed by atoms with Crippen LogP contribution in [0.4, 0.5) is 13.2 Å². The van der Waals surface area contributed by atoms with Crippen LogP contribution in [-0.4, -0.2) is 36.2 Å². The van der Waals surface area contributed by atoms with Gasteiger partial charge < -0.3 is 15.7 Å². The van der Waals surface area contributed by atoms with Crippen molar-refractivity contribution in [3.05, 3.63) is 35.4 Å². The van der Waals surface area contributed by atoms with Crippen molar-refractivity contribution >= 4 is 5.91 Å². The van der Waals surface area contributed by atoms with Crippen molar-refractivity contribution in [2.45, 2.75) is 44.0 Å². The molecule has 0 saturated carbocycles. The second kappa shape index (κ2) is 7.31. The van der Waals surface area contributed by atoms with Crippen LogP contribution < -0.4 is 10.6 Å². The summed E-state index contributed by atoms with van der Waals surface area (Å²) < 4.78 is 38.1. The Morgan fingerprint density at radius 3 is 2.83 bits per heavy atom. The molecule has 0 spiro atoms. The van der Waals surface area contributed by atoms with Crippen LogP contribution in [-0.2, 0) is 11.0 Å². The number of hydrogen-bond acceptors (Lipinski definition) is 3. The fourth-order valence-electron chi connectivity index (χ4n) is 2.64. The van der Waals surface area contributed by atoms with Crippen molar-refractivity contribution in [1.29, 1.82) is 0 Å². The first kappa shape index (κ1) is 17.7. The van der Waals surface area contributed by atoms with E-state index < -0.39 is 23.9 Å². The largest absolute Gasteiger partial charge is 0.416 e. The second-order valence-electron chi connectivity index (χ2n) is 5.95. The van der Waals surface area contributed by atoms with E-state index in [-0.39, 0.29) is 11.8 Å². The van der Waals surface area contributed by atoms with Crippen molar-refractivity contribution in [2.75, 3.05) is 13.1 Å². The molecule has 4 nitrogen and oxygen atoms in total. The van der Waals surface area contributed by atoms with Gasteiger partial charge in [0.15, 0.2) is 0 Å². The SMILES string of the molecule is C[C@@H](CCNC(=O)[C@H]1C[C@H](O)CN1)c1cccc(C(F)(F)F)c1. The molecule has 0 radical (unpaired) electrons. The van der Waals surface area contributed by atoms with Gasteiger partial charge in [-0.25, -0.2) is 0 Å². The highest BCUT2D eigenvalue weighted by Crippen LogP contribution is 2.31. The lowest BCUT2D eigenvalue weighted by Crippen LogP contribution is -2.40. The average molecular weight is 330 g/mol. The van der Waals surface area contributed by atoms with E-state index in [1.54, 1.807) is 6.07 Å². The summed E-state index contributed by atoms with van der Waals surface area (Å²) in [5, 5.41) is 15.0. The third kappa shape index (κ3) is 4.94. The Morgan fingerprint density at radius 2 is 2.22 bits per heavy atom. The van der Waals surface area contributed by atoms with Crippen molar-refractivity contribution in [1.82, 2.24) is 10.6 Å². The molecule has 23 heavy (non-hydrogen) atoms. The zero-order valence-corrected chi connectivity index (χ0v) is 12.9. The Labute approximate surface area is 133 Å². The van der Waals surface area contributed by atoms with Gasteiger partial charge in [-0.2, -0.15) is 13.2 Å². The van der Waals surface area contributed by atoms with Crippen LogP contribution in [0.2, 0.25) is 0 Å². The molecule has 3 atom stereocenters. The van der Waals surface area contributed by atoms with Gasteiger partial charge in [0.25, 0.3) is 0 Å². The Morgan fingerprint density at radius 1 is 1.48 bits per heavy atom. The van der Waals surface area contributed by atoms with Crippen LogP contribution in [0.3, 0.4) is 0 Å². The lowest BCUT2D eigenvalue weighted by atomic mass is 9.96. The van der Waals surface area contributed by atoms with Crippen LogP contribution in [0, 0.1) is 0 Å². The first-order chi connectivity index (χ1) is 10.8. The summed E-state index contributed by atoms with van der Waals surface area (Å²) in [5.41, 5.74) is -0.0569. The Bertz CT molecular complexity index is 548. The summed E-state index contributed by atoms with van der Waals surface area (Å²) in [5.74, 6) is -0.280. The highest BCUT2D eigenvalue weighted by molar-refractivity contribution is 5.82. The summed E-state index contributed by atoms with van der Waals surface area (Å²) in [6, 6.07) is 4.87. The molecule has 3 N–H and O–H groups in total. The number of hydrogen-bond donors (Lipinski definition) is 3. The minimum absolute atomic E-state index is 0.0975. The monoisotopic (exact) mass is 330 g/mol. The lowest BCUT2D eigenvalue weighted by molar-refractivity contribution is -0.137. The number of alkyl halides is 3. The van der Waals surface area contributed by atoms with E-state index in [2.05, 4.69) is 10.6 Å².